The molecule has 0 spiro atoms. The molecule has 1 N–H and O–H groups in total. The highest BCUT2D eigenvalue weighted by atomic mass is 16.5. The van der Waals surface area contributed by atoms with Gasteiger partial charge in [-0.1, -0.05) is 0 Å². The van der Waals surface area contributed by atoms with Crippen molar-refractivity contribution in [2.75, 3.05) is 13.7 Å². The number of methoxy groups -OCH3 is 1. The van der Waals surface area contributed by atoms with Crippen molar-refractivity contribution in [3.63, 3.8) is 0 Å². The van der Waals surface area contributed by atoms with Crippen LogP contribution < -0.4 is 5.32 Å². The highest BCUT2D eigenvalue weighted by molar-refractivity contribution is 4.96. The Morgan fingerprint density at radius 1 is 1.86 bits per heavy atom. The first-order valence-corrected chi connectivity index (χ1v) is 2.36. The maximum Gasteiger partial charge on any atom is 0.0940 e. The van der Waals surface area contributed by atoms with Gasteiger partial charge in [0, 0.05) is 13.7 Å². The van der Waals surface area contributed by atoms with Crippen LogP contribution in [-0.2, 0) is 4.74 Å². The number of hydrogen-bond donors (Lipinski definition) is 1. The van der Waals surface area contributed by atoms with Gasteiger partial charge in [-0.2, -0.15) is 0 Å². The first-order valence-electron chi connectivity index (χ1n) is 2.36. The van der Waals surface area contributed by atoms with E-state index in [0.29, 0.717) is 6.10 Å². The lowest BCUT2D eigenvalue weighted by Gasteiger charge is -2.00. The van der Waals surface area contributed by atoms with Crippen LogP contribution in [0.25, 0.3) is 0 Å². The van der Waals surface area contributed by atoms with Crippen LogP contribution in [0.2, 0.25) is 0 Å². The summed E-state index contributed by atoms with van der Waals surface area (Å²) in [6.45, 7) is 0.927. The van der Waals surface area contributed by atoms with Crippen LogP contribution in [-0.4, -0.2) is 19.8 Å². The molecular formula is C5H9NO. The maximum atomic E-state index is 4.96. The molecule has 0 aliphatic carbocycles. The lowest BCUT2D eigenvalue weighted by molar-refractivity contribution is 0.149. The van der Waals surface area contributed by atoms with Crippen LogP contribution in [0.15, 0.2) is 12.3 Å². The quantitative estimate of drug-likeness (QED) is 0.504. The Bertz CT molecular complexity index is 80.1. The van der Waals surface area contributed by atoms with E-state index in [-0.39, 0.29) is 0 Å². The molecular weight excluding hydrogens is 90.1 g/mol. The summed E-state index contributed by atoms with van der Waals surface area (Å²) < 4.78 is 4.96. The van der Waals surface area contributed by atoms with Gasteiger partial charge in [0.15, 0.2) is 0 Å². The van der Waals surface area contributed by atoms with Crippen molar-refractivity contribution in [1.29, 1.82) is 0 Å². The van der Waals surface area contributed by atoms with Gasteiger partial charge in [0.05, 0.1) is 6.10 Å². The minimum atomic E-state index is 0.306. The molecule has 0 amide bonds. The Balaban J connectivity index is 2.28. The molecule has 2 nitrogen and oxygen atoms in total. The molecule has 1 atom stereocenters. The van der Waals surface area contributed by atoms with E-state index in [4.69, 9.17) is 4.74 Å². The molecule has 0 fully saturated rings. The van der Waals surface area contributed by atoms with Gasteiger partial charge in [-0.3, -0.25) is 0 Å². The second-order valence-corrected chi connectivity index (χ2v) is 1.54. The molecule has 0 aromatic heterocycles. The highest BCUT2D eigenvalue weighted by Gasteiger charge is 2.03. The normalized spacial score (nSPS) is 27.9. The molecule has 1 unspecified atom stereocenters. The summed E-state index contributed by atoms with van der Waals surface area (Å²) in [5.41, 5.74) is 0. The molecule has 0 aromatic carbocycles. The molecule has 0 bridgehead atoms. The lowest BCUT2D eigenvalue weighted by atomic mass is 10.4. The molecule has 0 radical (unpaired) electrons. The van der Waals surface area contributed by atoms with Crippen LogP contribution in [0.5, 0.6) is 0 Å². The van der Waals surface area contributed by atoms with Crippen molar-refractivity contribution in [2.24, 2.45) is 0 Å². The van der Waals surface area contributed by atoms with E-state index in [1.165, 1.54) is 0 Å². The summed E-state index contributed by atoms with van der Waals surface area (Å²) in [5.74, 6) is 0. The van der Waals surface area contributed by atoms with Gasteiger partial charge >= 0.3 is 0 Å². The van der Waals surface area contributed by atoms with Gasteiger partial charge in [0.2, 0.25) is 0 Å². The molecule has 2 heteroatoms. The van der Waals surface area contributed by atoms with E-state index in [9.17, 15) is 0 Å². The highest BCUT2D eigenvalue weighted by Crippen LogP contribution is 1.94. The van der Waals surface area contributed by atoms with E-state index in [1.807, 2.05) is 12.3 Å². The predicted octanol–water partition coefficient (Wildman–Crippen LogP) is 0.118. The molecule has 1 aliphatic rings. The second kappa shape index (κ2) is 1.98. The smallest absolute Gasteiger partial charge is 0.0940 e. The molecule has 1 aliphatic heterocycles. The molecule has 0 aromatic rings. The van der Waals surface area contributed by atoms with Gasteiger partial charge in [-0.15, -0.1) is 0 Å². The predicted molar refractivity (Wildman–Crippen MR) is 27.9 cm³/mol. The Morgan fingerprint density at radius 2 is 2.71 bits per heavy atom. The average Bonchev–Trinajstić information content (AvgIpc) is 2.14. The third kappa shape index (κ3) is 0.933. The average molecular weight is 99.1 g/mol. The summed E-state index contributed by atoms with van der Waals surface area (Å²) >= 11 is 0. The molecule has 0 saturated heterocycles. The van der Waals surface area contributed by atoms with E-state index in [1.54, 1.807) is 7.11 Å². The standard InChI is InChI=1S/C5H9NO/c1-7-5-2-3-6-4-5/h2-3,5-6H,4H2,1H3. The first kappa shape index (κ1) is 4.65. The minimum Gasteiger partial charge on any atom is -0.388 e. The van der Waals surface area contributed by atoms with Crippen molar-refractivity contribution in [3.05, 3.63) is 12.3 Å². The summed E-state index contributed by atoms with van der Waals surface area (Å²) in [5, 5.41) is 3.02. The summed E-state index contributed by atoms with van der Waals surface area (Å²) in [6.07, 6.45) is 4.22. The van der Waals surface area contributed by atoms with Crippen molar-refractivity contribution in [3.8, 4) is 0 Å². The fourth-order valence-corrected chi connectivity index (χ4v) is 0.590. The molecule has 7 heavy (non-hydrogen) atoms. The second-order valence-electron chi connectivity index (χ2n) is 1.54. The molecule has 40 valence electrons. The van der Waals surface area contributed by atoms with Crippen LogP contribution in [0.4, 0.5) is 0 Å². The topological polar surface area (TPSA) is 21.3 Å². The monoisotopic (exact) mass is 99.1 g/mol. The minimum absolute atomic E-state index is 0.306. The first-order chi connectivity index (χ1) is 3.43. The fraction of sp³-hybridized carbons (Fsp3) is 0.600. The van der Waals surface area contributed by atoms with Gasteiger partial charge in [0.1, 0.15) is 0 Å². The van der Waals surface area contributed by atoms with Crippen molar-refractivity contribution >= 4 is 0 Å². The number of hydrogen-bond acceptors (Lipinski definition) is 2. The van der Waals surface area contributed by atoms with Crippen molar-refractivity contribution in [2.45, 2.75) is 6.10 Å². The van der Waals surface area contributed by atoms with Crippen molar-refractivity contribution < 1.29 is 4.74 Å². The van der Waals surface area contributed by atoms with Gasteiger partial charge < -0.3 is 10.1 Å². The van der Waals surface area contributed by atoms with Gasteiger partial charge in [-0.25, -0.2) is 0 Å². The molecule has 0 saturated carbocycles. The van der Waals surface area contributed by atoms with E-state index >= 15 is 0 Å². The van der Waals surface area contributed by atoms with E-state index in [0.717, 1.165) is 6.54 Å². The summed E-state index contributed by atoms with van der Waals surface area (Å²) in [6, 6.07) is 0. The van der Waals surface area contributed by atoms with E-state index in [2.05, 4.69) is 5.32 Å². The van der Waals surface area contributed by atoms with E-state index < -0.39 is 0 Å². The number of ether oxygens (including phenoxy) is 1. The van der Waals surface area contributed by atoms with Crippen LogP contribution >= 0.6 is 0 Å². The Morgan fingerprint density at radius 3 is 3.00 bits per heavy atom. The summed E-state index contributed by atoms with van der Waals surface area (Å²) in [7, 11) is 1.71. The lowest BCUT2D eigenvalue weighted by Crippen LogP contribution is -2.14. The van der Waals surface area contributed by atoms with Gasteiger partial charge in [-0.05, 0) is 12.3 Å². The molecule has 1 rings (SSSR count). The Hall–Kier alpha value is -0.500. The Kier molecular flexibility index (Phi) is 1.32. The van der Waals surface area contributed by atoms with Crippen LogP contribution in [0.3, 0.4) is 0 Å². The Labute approximate surface area is 43.2 Å². The van der Waals surface area contributed by atoms with Crippen LogP contribution in [0, 0.1) is 0 Å². The zero-order chi connectivity index (χ0) is 5.11. The SMILES string of the molecule is COC1C=CNC1. The van der Waals surface area contributed by atoms with Crippen LogP contribution in [0.1, 0.15) is 0 Å². The zero-order valence-electron chi connectivity index (χ0n) is 4.35. The third-order valence-corrected chi connectivity index (χ3v) is 1.05. The maximum absolute atomic E-state index is 4.96. The van der Waals surface area contributed by atoms with Crippen molar-refractivity contribution in [1.82, 2.24) is 5.32 Å². The third-order valence-electron chi connectivity index (χ3n) is 1.05. The largest absolute Gasteiger partial charge is 0.388 e. The molecule has 1 heterocycles. The number of rotatable bonds is 1. The summed E-state index contributed by atoms with van der Waals surface area (Å²) in [4.78, 5) is 0. The number of nitrogens with one attached hydrogen (secondary N) is 1. The fourth-order valence-electron chi connectivity index (χ4n) is 0.590. The van der Waals surface area contributed by atoms with Gasteiger partial charge in [0.25, 0.3) is 0 Å². The zero-order valence-corrected chi connectivity index (χ0v) is 4.35.